The molecule has 2 aromatic heterocycles. The number of aromatic amines is 2. The third kappa shape index (κ3) is 2.80. The standard InChI is InChI=1S/C17H13BrN2O2/c18-12-3-1-11(2-4-12)17(15-7-5-13(9-21)19-15)16-8-6-14(10-22)20-16/h1-10,17,19-20H. The third-order valence-electron chi connectivity index (χ3n) is 3.54. The predicted molar refractivity (Wildman–Crippen MR) is 87.4 cm³/mol. The van der Waals surface area contributed by atoms with Gasteiger partial charge < -0.3 is 9.97 Å². The van der Waals surface area contributed by atoms with Crippen LogP contribution < -0.4 is 0 Å². The lowest BCUT2D eigenvalue weighted by Gasteiger charge is -2.15. The molecule has 0 spiro atoms. The Morgan fingerprint density at radius 1 is 0.773 bits per heavy atom. The number of carbonyl (C=O) groups excluding carboxylic acids is 2. The summed E-state index contributed by atoms with van der Waals surface area (Å²) in [6.07, 6.45) is 1.57. The van der Waals surface area contributed by atoms with Crippen LogP contribution in [0.3, 0.4) is 0 Å². The molecule has 0 aliphatic heterocycles. The first kappa shape index (κ1) is 14.5. The fourth-order valence-electron chi connectivity index (χ4n) is 2.52. The van der Waals surface area contributed by atoms with Crippen molar-refractivity contribution in [3.05, 3.63) is 81.3 Å². The molecule has 2 heterocycles. The van der Waals surface area contributed by atoms with Crippen LogP contribution in [0, 0.1) is 0 Å². The zero-order valence-corrected chi connectivity index (χ0v) is 13.1. The van der Waals surface area contributed by atoms with Gasteiger partial charge in [0.1, 0.15) is 0 Å². The van der Waals surface area contributed by atoms with E-state index in [2.05, 4.69) is 25.9 Å². The number of aromatic nitrogens is 2. The summed E-state index contributed by atoms with van der Waals surface area (Å²) in [5.41, 5.74) is 3.90. The van der Waals surface area contributed by atoms with Crippen molar-refractivity contribution < 1.29 is 9.59 Å². The lowest BCUT2D eigenvalue weighted by atomic mass is 9.93. The second-order valence-corrected chi connectivity index (χ2v) is 5.87. The van der Waals surface area contributed by atoms with Crippen molar-refractivity contribution in [3.63, 3.8) is 0 Å². The number of benzene rings is 1. The van der Waals surface area contributed by atoms with E-state index in [1.165, 1.54) is 0 Å². The monoisotopic (exact) mass is 356 g/mol. The molecule has 4 nitrogen and oxygen atoms in total. The number of aldehydes is 2. The minimum absolute atomic E-state index is 0.101. The fourth-order valence-corrected chi connectivity index (χ4v) is 2.78. The molecule has 0 unspecified atom stereocenters. The van der Waals surface area contributed by atoms with E-state index < -0.39 is 0 Å². The van der Waals surface area contributed by atoms with Crippen LogP contribution in [0.25, 0.3) is 0 Å². The van der Waals surface area contributed by atoms with Gasteiger partial charge >= 0.3 is 0 Å². The average Bonchev–Trinajstić information content (AvgIpc) is 3.19. The van der Waals surface area contributed by atoms with E-state index in [0.29, 0.717) is 11.4 Å². The summed E-state index contributed by atoms with van der Waals surface area (Å²) in [4.78, 5) is 28.1. The van der Waals surface area contributed by atoms with E-state index in [1.807, 2.05) is 36.4 Å². The highest BCUT2D eigenvalue weighted by Gasteiger charge is 2.20. The molecule has 0 atom stereocenters. The quantitative estimate of drug-likeness (QED) is 0.680. The van der Waals surface area contributed by atoms with Crippen LogP contribution in [-0.4, -0.2) is 22.5 Å². The van der Waals surface area contributed by atoms with Crippen molar-refractivity contribution in [2.75, 3.05) is 0 Å². The first-order valence-electron chi connectivity index (χ1n) is 6.75. The molecule has 2 N–H and O–H groups in total. The van der Waals surface area contributed by atoms with Crippen molar-refractivity contribution in [2.24, 2.45) is 0 Å². The normalized spacial score (nSPS) is 10.8. The molecular formula is C17H13BrN2O2. The Bertz CT molecular complexity index is 756. The average molecular weight is 357 g/mol. The predicted octanol–water partition coefficient (Wildman–Crippen LogP) is 3.91. The third-order valence-corrected chi connectivity index (χ3v) is 4.07. The topological polar surface area (TPSA) is 65.7 Å². The molecule has 0 aliphatic carbocycles. The van der Waals surface area contributed by atoms with Crippen LogP contribution in [-0.2, 0) is 0 Å². The Kier molecular flexibility index (Phi) is 4.06. The molecule has 0 bridgehead atoms. The molecule has 0 fully saturated rings. The Hall–Kier alpha value is -2.40. The number of halogens is 1. The van der Waals surface area contributed by atoms with Gasteiger partial charge in [-0.05, 0) is 42.0 Å². The Morgan fingerprint density at radius 3 is 1.68 bits per heavy atom. The molecule has 0 amide bonds. The molecule has 3 aromatic rings. The first-order chi connectivity index (χ1) is 10.7. The minimum atomic E-state index is -0.101. The van der Waals surface area contributed by atoms with E-state index >= 15 is 0 Å². The van der Waals surface area contributed by atoms with Crippen LogP contribution in [0.4, 0.5) is 0 Å². The fraction of sp³-hybridized carbons (Fsp3) is 0.0588. The van der Waals surface area contributed by atoms with Crippen LogP contribution in [0.1, 0.15) is 43.8 Å². The SMILES string of the molecule is O=Cc1ccc(C(c2ccc(Br)cc2)c2ccc(C=O)[nH]2)[nH]1. The highest BCUT2D eigenvalue weighted by Crippen LogP contribution is 2.31. The highest BCUT2D eigenvalue weighted by atomic mass is 79.9. The van der Waals surface area contributed by atoms with Crippen molar-refractivity contribution in [3.8, 4) is 0 Å². The summed E-state index contributed by atoms with van der Waals surface area (Å²) in [7, 11) is 0. The number of hydrogen-bond donors (Lipinski definition) is 2. The summed E-state index contributed by atoms with van der Waals surface area (Å²) < 4.78 is 0.995. The van der Waals surface area contributed by atoms with Crippen molar-refractivity contribution in [2.45, 2.75) is 5.92 Å². The molecule has 5 heteroatoms. The van der Waals surface area contributed by atoms with Crippen molar-refractivity contribution in [1.29, 1.82) is 0 Å². The van der Waals surface area contributed by atoms with Gasteiger partial charge in [0.25, 0.3) is 0 Å². The maximum Gasteiger partial charge on any atom is 0.166 e. The molecule has 110 valence electrons. The van der Waals surface area contributed by atoms with E-state index in [1.54, 1.807) is 12.1 Å². The van der Waals surface area contributed by atoms with Crippen LogP contribution >= 0.6 is 15.9 Å². The van der Waals surface area contributed by atoms with Crippen molar-refractivity contribution >= 4 is 28.5 Å². The lowest BCUT2D eigenvalue weighted by molar-refractivity contribution is 0.111. The second kappa shape index (κ2) is 6.15. The van der Waals surface area contributed by atoms with Gasteiger partial charge in [-0.15, -0.1) is 0 Å². The number of hydrogen-bond acceptors (Lipinski definition) is 2. The van der Waals surface area contributed by atoms with Gasteiger partial charge in [-0.2, -0.15) is 0 Å². The maximum absolute atomic E-state index is 10.9. The summed E-state index contributed by atoms with van der Waals surface area (Å²) in [5, 5.41) is 0. The zero-order valence-electron chi connectivity index (χ0n) is 11.5. The van der Waals surface area contributed by atoms with Gasteiger partial charge in [0.2, 0.25) is 0 Å². The zero-order chi connectivity index (χ0) is 15.5. The summed E-state index contributed by atoms with van der Waals surface area (Å²) in [6, 6.07) is 15.2. The van der Waals surface area contributed by atoms with Crippen LogP contribution in [0.15, 0.2) is 53.0 Å². The summed E-state index contributed by atoms with van der Waals surface area (Å²) in [6.45, 7) is 0. The Balaban J connectivity index is 2.10. The molecule has 0 aliphatic rings. The number of rotatable bonds is 5. The Labute approximate surface area is 135 Å². The van der Waals surface area contributed by atoms with Gasteiger partial charge in [-0.3, -0.25) is 9.59 Å². The molecule has 1 aromatic carbocycles. The van der Waals surface area contributed by atoms with E-state index in [9.17, 15) is 9.59 Å². The lowest BCUT2D eigenvalue weighted by Crippen LogP contribution is -2.05. The van der Waals surface area contributed by atoms with Crippen molar-refractivity contribution in [1.82, 2.24) is 9.97 Å². The maximum atomic E-state index is 10.9. The summed E-state index contributed by atoms with van der Waals surface area (Å²) in [5.74, 6) is -0.101. The molecule has 0 saturated heterocycles. The highest BCUT2D eigenvalue weighted by molar-refractivity contribution is 9.10. The molecule has 3 rings (SSSR count). The molecule has 22 heavy (non-hydrogen) atoms. The van der Waals surface area contributed by atoms with Gasteiger partial charge in [0.05, 0.1) is 17.3 Å². The number of nitrogens with one attached hydrogen (secondary N) is 2. The number of carbonyl (C=O) groups is 2. The number of H-pyrrole nitrogens is 2. The van der Waals surface area contributed by atoms with E-state index in [0.717, 1.165) is 34.0 Å². The van der Waals surface area contributed by atoms with Crippen LogP contribution in [0.5, 0.6) is 0 Å². The summed E-state index contributed by atoms with van der Waals surface area (Å²) >= 11 is 3.43. The van der Waals surface area contributed by atoms with Gasteiger partial charge in [0, 0.05) is 15.9 Å². The molecule has 0 saturated carbocycles. The van der Waals surface area contributed by atoms with E-state index in [-0.39, 0.29) is 5.92 Å². The minimum Gasteiger partial charge on any atom is -0.355 e. The largest absolute Gasteiger partial charge is 0.355 e. The van der Waals surface area contributed by atoms with Gasteiger partial charge in [-0.25, -0.2) is 0 Å². The van der Waals surface area contributed by atoms with Gasteiger partial charge in [0.15, 0.2) is 12.6 Å². The molecule has 0 radical (unpaired) electrons. The second-order valence-electron chi connectivity index (χ2n) is 4.96. The Morgan fingerprint density at radius 2 is 1.27 bits per heavy atom. The first-order valence-corrected chi connectivity index (χ1v) is 7.54. The van der Waals surface area contributed by atoms with E-state index in [4.69, 9.17) is 0 Å². The van der Waals surface area contributed by atoms with Gasteiger partial charge in [-0.1, -0.05) is 28.1 Å². The smallest absolute Gasteiger partial charge is 0.166 e. The molecular weight excluding hydrogens is 344 g/mol. The van der Waals surface area contributed by atoms with Crippen LogP contribution in [0.2, 0.25) is 0 Å².